The largest absolute Gasteiger partial charge is 0.474 e. The fraction of sp³-hybridized carbons (Fsp3) is 0.708. The van der Waals surface area contributed by atoms with Crippen molar-refractivity contribution in [1.29, 1.82) is 0 Å². The lowest BCUT2D eigenvalue weighted by atomic mass is 10.1. The summed E-state index contributed by atoms with van der Waals surface area (Å²) < 4.78 is 12.7. The minimum atomic E-state index is -0.539. The van der Waals surface area contributed by atoms with Crippen LogP contribution in [0.15, 0.2) is 18.2 Å². The van der Waals surface area contributed by atoms with Gasteiger partial charge in [-0.05, 0) is 46.0 Å². The maximum atomic E-state index is 12.7. The molecular weight excluding hydrogens is 566 g/mol. The zero-order valence-corrected chi connectivity index (χ0v) is 25.5. The van der Waals surface area contributed by atoms with Gasteiger partial charge in [0.15, 0.2) is 18.2 Å². The zero-order chi connectivity index (χ0) is 24.1. The molecule has 2 heterocycles. The molecule has 0 radical (unpaired) electrons. The Morgan fingerprint density at radius 1 is 0.838 bits per heavy atom. The highest BCUT2D eigenvalue weighted by atomic mass is 35.5. The highest BCUT2D eigenvalue weighted by molar-refractivity contribution is 5.99. The molecule has 2 saturated heterocycles. The Morgan fingerprint density at radius 2 is 1.22 bits per heavy atom. The Bertz CT molecular complexity index is 758. The average Bonchev–Trinajstić information content (AvgIpc) is 2.79. The fourth-order valence-electron chi connectivity index (χ4n) is 4.45. The lowest BCUT2D eigenvalue weighted by molar-refractivity contribution is -0.0911. The molecule has 1 aromatic rings. The Morgan fingerprint density at radius 3 is 1.51 bits per heavy atom. The Kier molecular flexibility index (Phi) is 18.6. The first kappa shape index (κ1) is 38.6. The molecule has 4 unspecified atom stereocenters. The highest BCUT2D eigenvalue weighted by Gasteiger charge is 2.31. The molecule has 0 amide bonds. The van der Waals surface area contributed by atoms with Crippen LogP contribution in [0.25, 0.3) is 0 Å². The van der Waals surface area contributed by atoms with E-state index in [-0.39, 0.29) is 67.9 Å². The summed E-state index contributed by atoms with van der Waals surface area (Å²) in [5.74, 6) is 0.865. The number of hydrogen-bond donors (Lipinski definition) is 2. The van der Waals surface area contributed by atoms with Crippen molar-refractivity contribution in [2.24, 2.45) is 0 Å². The van der Waals surface area contributed by atoms with E-state index in [1.54, 1.807) is 12.1 Å². The van der Waals surface area contributed by atoms with E-state index in [0.717, 1.165) is 39.0 Å². The molecule has 3 rings (SSSR count). The van der Waals surface area contributed by atoms with Gasteiger partial charge < -0.3 is 19.7 Å². The fourth-order valence-corrected chi connectivity index (χ4v) is 4.45. The van der Waals surface area contributed by atoms with Gasteiger partial charge in [0, 0.05) is 39.3 Å². The maximum Gasteiger partial charge on any atom is 0.167 e. The molecule has 2 aliphatic heterocycles. The van der Waals surface area contributed by atoms with Crippen LogP contribution >= 0.6 is 49.6 Å². The van der Waals surface area contributed by atoms with Crippen LogP contribution in [0.1, 0.15) is 44.0 Å². The van der Waals surface area contributed by atoms with Gasteiger partial charge >= 0.3 is 0 Å². The second-order valence-electron chi connectivity index (χ2n) is 9.06. The molecule has 0 aromatic heterocycles. The van der Waals surface area contributed by atoms with E-state index < -0.39 is 12.5 Å². The van der Waals surface area contributed by atoms with Crippen LogP contribution in [-0.2, 0) is 0 Å². The molecule has 0 spiro atoms. The molecule has 0 aliphatic carbocycles. The number of nitrogens with zero attached hydrogens (tertiary/aromatic N) is 4. The lowest BCUT2D eigenvalue weighted by Crippen LogP contribution is -2.55. The number of β-amino-alcohol motifs (C(OH)–C–C–N with tert-alkyl or cyclic N) is 2. The summed E-state index contributed by atoms with van der Waals surface area (Å²) in [5.41, 5.74) is 0.429. The van der Waals surface area contributed by atoms with Gasteiger partial charge in [-0.25, -0.2) is 0 Å². The van der Waals surface area contributed by atoms with Gasteiger partial charge in [-0.1, -0.05) is 19.9 Å². The third kappa shape index (κ3) is 9.83. The quantitative estimate of drug-likeness (QED) is 0.410. The number of ketones is 1. The van der Waals surface area contributed by atoms with E-state index in [1.807, 2.05) is 43.8 Å². The number of aliphatic hydroxyl groups is 2. The Labute approximate surface area is 246 Å². The lowest BCUT2D eigenvalue weighted by Gasteiger charge is -2.41. The molecule has 0 bridgehead atoms. The highest BCUT2D eigenvalue weighted by Crippen LogP contribution is 2.32. The summed E-state index contributed by atoms with van der Waals surface area (Å²) in [5, 5.41) is 20.5. The second kappa shape index (κ2) is 17.9. The SMILES string of the molecule is CCC(Oc1cccc(OC(CC)N2CCN(C)C(O)C2)c1C(C)=O)N1CCN(C)C(O)C1.Cl.Cl.Cl.Cl. The standard InChI is InChI=1S/C24H40N4O5.4ClH/c1-6-22(27-13-11-25(4)20(30)15-27)32-18-9-8-10-19(24(18)17(3)29)33-23(7-2)28-14-12-26(5)21(31)16-28;;;;/h8-10,20-23,30-31H,6-7,11-16H2,1-5H3;4*1H. The summed E-state index contributed by atoms with van der Waals surface area (Å²) in [6.45, 7) is 9.63. The number of piperazine rings is 2. The number of benzene rings is 1. The van der Waals surface area contributed by atoms with Crippen LogP contribution < -0.4 is 9.47 Å². The molecular formula is C24H44Cl4N4O5. The molecule has 13 heteroatoms. The van der Waals surface area contributed by atoms with Crippen molar-refractivity contribution in [2.45, 2.75) is 58.5 Å². The van der Waals surface area contributed by atoms with Crippen LogP contribution in [0, 0.1) is 0 Å². The third-order valence-electron chi connectivity index (χ3n) is 6.67. The number of aliphatic hydroxyl groups excluding tert-OH is 2. The smallest absolute Gasteiger partial charge is 0.167 e. The van der Waals surface area contributed by atoms with E-state index in [4.69, 9.17) is 9.47 Å². The first-order chi connectivity index (χ1) is 15.7. The van der Waals surface area contributed by atoms with Crippen molar-refractivity contribution in [3.8, 4) is 11.5 Å². The molecule has 37 heavy (non-hydrogen) atoms. The van der Waals surface area contributed by atoms with Crippen molar-refractivity contribution in [2.75, 3.05) is 53.4 Å². The zero-order valence-electron chi connectivity index (χ0n) is 22.2. The average molecular weight is 610 g/mol. The number of halogens is 4. The molecule has 2 N–H and O–H groups in total. The first-order valence-electron chi connectivity index (χ1n) is 12.0. The van der Waals surface area contributed by atoms with E-state index in [9.17, 15) is 15.0 Å². The van der Waals surface area contributed by atoms with E-state index >= 15 is 0 Å². The predicted octanol–water partition coefficient (Wildman–Crippen LogP) is 2.94. The van der Waals surface area contributed by atoms with Gasteiger partial charge in [-0.15, -0.1) is 49.6 Å². The number of Topliss-reactive ketones (excluding diaryl/α,β-unsaturated/α-hetero) is 1. The Hall–Kier alpha value is -0.590. The van der Waals surface area contributed by atoms with Crippen LogP contribution in [0.5, 0.6) is 11.5 Å². The van der Waals surface area contributed by atoms with Crippen molar-refractivity contribution in [3.63, 3.8) is 0 Å². The van der Waals surface area contributed by atoms with Gasteiger partial charge in [0.1, 0.15) is 29.5 Å². The Balaban J connectivity index is 0. The van der Waals surface area contributed by atoms with Crippen LogP contribution in [0.3, 0.4) is 0 Å². The van der Waals surface area contributed by atoms with Gasteiger partial charge in [0.25, 0.3) is 0 Å². The summed E-state index contributed by atoms with van der Waals surface area (Å²) in [4.78, 5) is 20.7. The molecule has 9 nitrogen and oxygen atoms in total. The molecule has 1 aromatic carbocycles. The molecule has 2 fully saturated rings. The summed E-state index contributed by atoms with van der Waals surface area (Å²) >= 11 is 0. The topological polar surface area (TPSA) is 89.0 Å². The van der Waals surface area contributed by atoms with Gasteiger partial charge in [0.2, 0.25) is 0 Å². The minimum Gasteiger partial charge on any atom is -0.474 e. The number of carbonyl (C=O) groups excluding carboxylic acids is 1. The van der Waals surface area contributed by atoms with Gasteiger partial charge in [-0.2, -0.15) is 0 Å². The molecule has 218 valence electrons. The van der Waals surface area contributed by atoms with Crippen LogP contribution in [0.4, 0.5) is 0 Å². The minimum absolute atomic E-state index is 0. The molecule has 0 saturated carbocycles. The first-order valence-corrected chi connectivity index (χ1v) is 12.0. The third-order valence-corrected chi connectivity index (χ3v) is 6.67. The van der Waals surface area contributed by atoms with Crippen molar-refractivity contribution < 1.29 is 24.5 Å². The normalized spacial score (nSPS) is 22.8. The van der Waals surface area contributed by atoms with Crippen molar-refractivity contribution in [1.82, 2.24) is 19.6 Å². The number of likely N-dealkylation sites (N-methyl/N-ethyl adjacent to an activating group) is 2. The maximum absolute atomic E-state index is 12.7. The van der Waals surface area contributed by atoms with Crippen LogP contribution in [-0.4, -0.2) is 114 Å². The van der Waals surface area contributed by atoms with Gasteiger partial charge in [0.05, 0.1) is 0 Å². The van der Waals surface area contributed by atoms with Crippen molar-refractivity contribution in [3.05, 3.63) is 23.8 Å². The molecule has 4 atom stereocenters. The second-order valence-corrected chi connectivity index (χ2v) is 9.06. The summed E-state index contributed by atoms with van der Waals surface area (Å²) in [7, 11) is 3.81. The van der Waals surface area contributed by atoms with Crippen molar-refractivity contribution >= 4 is 55.4 Å². The summed E-state index contributed by atoms with van der Waals surface area (Å²) in [6.07, 6.45) is -0.149. The van der Waals surface area contributed by atoms with Crippen LogP contribution in [0.2, 0.25) is 0 Å². The molecule has 2 aliphatic rings. The predicted molar refractivity (Wildman–Crippen MR) is 155 cm³/mol. The number of rotatable bonds is 9. The summed E-state index contributed by atoms with van der Waals surface area (Å²) in [6, 6.07) is 5.45. The van der Waals surface area contributed by atoms with E-state index in [0.29, 0.717) is 30.2 Å². The number of ether oxygens (including phenoxy) is 2. The number of carbonyl (C=O) groups is 1. The monoisotopic (exact) mass is 608 g/mol. The van der Waals surface area contributed by atoms with Gasteiger partial charge in [-0.3, -0.25) is 24.4 Å². The van der Waals surface area contributed by atoms with E-state index in [2.05, 4.69) is 9.80 Å². The van der Waals surface area contributed by atoms with E-state index in [1.165, 1.54) is 6.92 Å². The number of hydrogen-bond acceptors (Lipinski definition) is 9.